The largest absolute Gasteiger partial charge is 0.369 e. The Labute approximate surface area is 199 Å². The van der Waals surface area contributed by atoms with Crippen molar-refractivity contribution in [2.24, 2.45) is 10.7 Å². The number of carbonyl (C=O) groups excluding carboxylic acids is 1. The van der Waals surface area contributed by atoms with Crippen LogP contribution < -0.4 is 5.73 Å². The number of aliphatic imine (C=N–C) groups is 1. The summed E-state index contributed by atoms with van der Waals surface area (Å²) in [7, 11) is 1.51. The molecule has 9 heteroatoms. The van der Waals surface area contributed by atoms with E-state index in [-0.39, 0.29) is 23.0 Å². The van der Waals surface area contributed by atoms with E-state index < -0.39 is 23.2 Å². The van der Waals surface area contributed by atoms with E-state index in [9.17, 15) is 18.0 Å². The van der Waals surface area contributed by atoms with Gasteiger partial charge in [0.05, 0.1) is 17.6 Å². The average molecular weight is 483 g/mol. The monoisotopic (exact) mass is 482 g/mol. The Morgan fingerprint density at radius 3 is 2.47 bits per heavy atom. The van der Waals surface area contributed by atoms with Crippen LogP contribution in [0.15, 0.2) is 58.9 Å². The number of benzene rings is 2. The van der Waals surface area contributed by atoms with Crippen LogP contribution in [0.4, 0.5) is 13.2 Å². The van der Waals surface area contributed by atoms with Crippen LogP contribution >= 0.6 is 11.3 Å². The van der Waals surface area contributed by atoms with Crippen molar-refractivity contribution in [1.29, 1.82) is 5.26 Å². The summed E-state index contributed by atoms with van der Waals surface area (Å²) in [6.45, 7) is 2.58. The summed E-state index contributed by atoms with van der Waals surface area (Å²) in [6, 6.07) is 13.4. The minimum absolute atomic E-state index is 0.0351. The van der Waals surface area contributed by atoms with Gasteiger partial charge in [0.25, 0.3) is 5.92 Å². The SMILES string of the molecule is CN1C(=O)C(c2ccc(C(C)(F)F)cc2)[C@@](C)(c2cc(-c3cc(F)cc(C#N)c3)cs2)N=C1N. The molecule has 1 unspecified atom stereocenters. The number of halogens is 3. The molecule has 0 saturated carbocycles. The molecule has 0 saturated heterocycles. The lowest BCUT2D eigenvalue weighted by atomic mass is 9.77. The lowest BCUT2D eigenvalue weighted by Crippen LogP contribution is -2.52. The Hall–Kier alpha value is -3.64. The number of nitrogens with zero attached hydrogens (tertiary/aromatic N) is 3. The van der Waals surface area contributed by atoms with Gasteiger partial charge in [0.2, 0.25) is 5.91 Å². The summed E-state index contributed by atoms with van der Waals surface area (Å²) < 4.78 is 41.4. The van der Waals surface area contributed by atoms with Gasteiger partial charge in [-0.05, 0) is 53.3 Å². The normalized spacial score (nSPS) is 20.7. The standard InChI is InChI=1S/C25H21F3N4OS/c1-24(20-11-17(13-34-20)16-8-14(12-29)9-19(26)10-16)21(22(33)32(3)23(30)31-24)15-4-6-18(7-5-15)25(2,27)28/h4-11,13,21H,1-3H3,(H2,30,31)/t21?,24-/m1/s1. The second kappa shape index (κ2) is 8.29. The molecular weight excluding hydrogens is 461 g/mol. The van der Waals surface area contributed by atoms with Crippen LogP contribution in [0.2, 0.25) is 0 Å². The zero-order valence-electron chi connectivity index (χ0n) is 18.6. The van der Waals surface area contributed by atoms with Crippen molar-refractivity contribution in [3.8, 4) is 17.2 Å². The molecule has 0 aliphatic carbocycles. The van der Waals surface area contributed by atoms with Gasteiger partial charge in [0.1, 0.15) is 11.4 Å². The number of amides is 1. The van der Waals surface area contributed by atoms with Gasteiger partial charge in [0.15, 0.2) is 5.96 Å². The van der Waals surface area contributed by atoms with Gasteiger partial charge in [0, 0.05) is 24.4 Å². The van der Waals surface area contributed by atoms with Crippen LogP contribution in [-0.2, 0) is 16.3 Å². The number of nitriles is 1. The van der Waals surface area contributed by atoms with Crippen LogP contribution in [0, 0.1) is 17.1 Å². The van der Waals surface area contributed by atoms with Gasteiger partial charge in [-0.1, -0.05) is 24.3 Å². The van der Waals surface area contributed by atoms with E-state index in [0.29, 0.717) is 21.6 Å². The van der Waals surface area contributed by atoms with Crippen molar-refractivity contribution >= 4 is 23.2 Å². The molecule has 5 nitrogen and oxygen atoms in total. The molecule has 0 bridgehead atoms. The molecule has 2 heterocycles. The fourth-order valence-corrected chi connectivity index (χ4v) is 5.19. The van der Waals surface area contributed by atoms with Gasteiger partial charge in [-0.2, -0.15) is 5.26 Å². The zero-order valence-corrected chi connectivity index (χ0v) is 19.5. The summed E-state index contributed by atoms with van der Waals surface area (Å²) in [5.41, 5.74) is 6.67. The van der Waals surface area contributed by atoms with Gasteiger partial charge in [-0.25, -0.2) is 18.2 Å². The molecule has 4 rings (SSSR count). The number of likely N-dealkylation sites (N-methyl/N-ethyl adjacent to an activating group) is 1. The quantitative estimate of drug-likeness (QED) is 0.546. The number of rotatable bonds is 4. The number of carbonyl (C=O) groups is 1. The highest BCUT2D eigenvalue weighted by Gasteiger charge is 2.48. The Bertz CT molecular complexity index is 1340. The Morgan fingerprint density at radius 1 is 1.18 bits per heavy atom. The molecule has 1 aliphatic heterocycles. The third-order valence-electron chi connectivity index (χ3n) is 6.04. The summed E-state index contributed by atoms with van der Waals surface area (Å²) in [5, 5.41) is 11.0. The Morgan fingerprint density at radius 2 is 1.85 bits per heavy atom. The van der Waals surface area contributed by atoms with E-state index in [1.54, 1.807) is 24.4 Å². The van der Waals surface area contributed by atoms with Crippen LogP contribution in [0.5, 0.6) is 0 Å². The molecule has 1 amide bonds. The average Bonchev–Trinajstić information content (AvgIpc) is 3.28. The zero-order chi connectivity index (χ0) is 24.8. The van der Waals surface area contributed by atoms with Crippen molar-refractivity contribution in [2.45, 2.75) is 31.2 Å². The number of alkyl halides is 2. The van der Waals surface area contributed by atoms with Crippen molar-refractivity contribution in [3.63, 3.8) is 0 Å². The molecule has 2 N–H and O–H groups in total. The third-order valence-corrected chi connectivity index (χ3v) is 7.20. The summed E-state index contributed by atoms with van der Waals surface area (Å²) >= 11 is 1.32. The van der Waals surface area contributed by atoms with Crippen molar-refractivity contribution in [3.05, 3.63) is 81.3 Å². The number of thiophene rings is 1. The third kappa shape index (κ3) is 4.05. The minimum Gasteiger partial charge on any atom is -0.369 e. The van der Waals surface area contributed by atoms with E-state index in [1.807, 2.05) is 6.07 Å². The molecule has 3 aromatic rings. The molecule has 2 aromatic carbocycles. The highest BCUT2D eigenvalue weighted by Crippen LogP contribution is 2.47. The van der Waals surface area contributed by atoms with E-state index in [4.69, 9.17) is 11.0 Å². The molecule has 0 spiro atoms. The summed E-state index contributed by atoms with van der Waals surface area (Å²) in [6.07, 6.45) is 0. The van der Waals surface area contributed by atoms with Crippen LogP contribution in [0.1, 0.15) is 41.3 Å². The maximum Gasteiger partial charge on any atom is 0.270 e. The predicted octanol–water partition coefficient (Wildman–Crippen LogP) is 5.32. The molecule has 2 atom stereocenters. The topological polar surface area (TPSA) is 82.5 Å². The summed E-state index contributed by atoms with van der Waals surface area (Å²) in [5.74, 6) is -4.65. The first-order chi connectivity index (χ1) is 15.9. The van der Waals surface area contributed by atoms with Crippen molar-refractivity contribution in [2.75, 3.05) is 7.05 Å². The van der Waals surface area contributed by atoms with Gasteiger partial charge >= 0.3 is 0 Å². The molecule has 174 valence electrons. The molecule has 1 aliphatic rings. The fourth-order valence-electron chi connectivity index (χ4n) is 4.13. The van der Waals surface area contributed by atoms with Gasteiger partial charge in [-0.15, -0.1) is 11.3 Å². The maximum absolute atomic E-state index is 14.0. The van der Waals surface area contributed by atoms with Crippen LogP contribution in [-0.4, -0.2) is 23.8 Å². The first-order valence-corrected chi connectivity index (χ1v) is 11.2. The number of hydrogen-bond donors (Lipinski definition) is 1. The Kier molecular flexibility index (Phi) is 5.74. The minimum atomic E-state index is -3.01. The molecule has 0 fully saturated rings. The highest BCUT2D eigenvalue weighted by molar-refractivity contribution is 7.10. The highest BCUT2D eigenvalue weighted by atomic mass is 32.1. The second-order valence-electron chi connectivity index (χ2n) is 8.50. The van der Waals surface area contributed by atoms with E-state index in [0.717, 1.165) is 13.0 Å². The van der Waals surface area contributed by atoms with E-state index in [2.05, 4.69) is 4.99 Å². The maximum atomic E-state index is 14.0. The molecular formula is C25H21F3N4OS. The van der Waals surface area contributed by atoms with E-state index >= 15 is 0 Å². The van der Waals surface area contributed by atoms with Gasteiger partial charge in [-0.3, -0.25) is 9.69 Å². The Balaban J connectivity index is 1.82. The number of guanidine groups is 1. The molecule has 1 aromatic heterocycles. The second-order valence-corrected chi connectivity index (χ2v) is 9.41. The molecule has 34 heavy (non-hydrogen) atoms. The predicted molar refractivity (Wildman–Crippen MR) is 125 cm³/mol. The summed E-state index contributed by atoms with van der Waals surface area (Å²) in [4.78, 5) is 19.9. The number of nitrogens with two attached hydrogens (primary N) is 1. The number of hydrogen-bond acceptors (Lipinski definition) is 5. The first kappa shape index (κ1) is 23.5. The fraction of sp³-hybridized carbons (Fsp3) is 0.240. The first-order valence-electron chi connectivity index (χ1n) is 10.4. The van der Waals surface area contributed by atoms with Crippen LogP contribution in [0.3, 0.4) is 0 Å². The van der Waals surface area contributed by atoms with Gasteiger partial charge < -0.3 is 5.73 Å². The van der Waals surface area contributed by atoms with E-state index in [1.165, 1.54) is 53.6 Å². The smallest absolute Gasteiger partial charge is 0.270 e. The lowest BCUT2D eigenvalue weighted by molar-refractivity contribution is -0.130. The lowest BCUT2D eigenvalue weighted by Gasteiger charge is -2.40. The van der Waals surface area contributed by atoms with Crippen molar-refractivity contribution < 1.29 is 18.0 Å². The van der Waals surface area contributed by atoms with Crippen LogP contribution in [0.25, 0.3) is 11.1 Å². The van der Waals surface area contributed by atoms with Crippen molar-refractivity contribution in [1.82, 2.24) is 4.90 Å². The molecule has 0 radical (unpaired) electrons.